The summed E-state index contributed by atoms with van der Waals surface area (Å²) in [7, 11) is 0. The van der Waals surface area contributed by atoms with Crippen LogP contribution < -0.4 is 10.6 Å². The summed E-state index contributed by atoms with van der Waals surface area (Å²) in [4.78, 5) is 34.3. The molecule has 1 atom stereocenters. The van der Waals surface area contributed by atoms with E-state index in [1.165, 1.54) is 12.2 Å². The lowest BCUT2D eigenvalue weighted by atomic mass is 10.2. The first-order valence-electron chi connectivity index (χ1n) is 7.11. The predicted molar refractivity (Wildman–Crippen MR) is 87.9 cm³/mol. The molecule has 0 aromatic heterocycles. The molecule has 0 saturated carbocycles. The quantitative estimate of drug-likeness (QED) is 0.616. The maximum Gasteiger partial charge on any atom is 0.331 e. The van der Waals surface area contributed by atoms with Gasteiger partial charge in [0.25, 0.3) is 5.91 Å². The Morgan fingerprint density at radius 3 is 2.52 bits per heavy atom. The van der Waals surface area contributed by atoms with Crippen LogP contribution in [0.25, 0.3) is 6.08 Å². The van der Waals surface area contributed by atoms with Gasteiger partial charge in [0.1, 0.15) is 0 Å². The van der Waals surface area contributed by atoms with E-state index >= 15 is 0 Å². The molecule has 1 aromatic rings. The number of carbonyl (C=O) groups is 3. The van der Waals surface area contributed by atoms with E-state index in [0.717, 1.165) is 12.0 Å². The number of hydrogen-bond acceptors (Lipinski definition) is 4. The van der Waals surface area contributed by atoms with Gasteiger partial charge in [-0.05, 0) is 37.1 Å². The fourth-order valence-corrected chi connectivity index (χ4v) is 1.57. The van der Waals surface area contributed by atoms with E-state index in [2.05, 4.69) is 10.6 Å². The molecule has 0 saturated heterocycles. The number of carbonyl (C=O) groups excluding carboxylic acids is 3. The van der Waals surface area contributed by atoms with Crippen LogP contribution in [0.5, 0.6) is 0 Å². The molecule has 0 aliphatic heterocycles. The first-order chi connectivity index (χ1) is 10.9. The zero-order valence-electron chi connectivity index (χ0n) is 13.0. The molecule has 0 radical (unpaired) electrons. The standard InChI is InChI=1S/C16H19ClN2O4/c1-3-11(2)18-16(22)19-14(20)10-23-15(21)9-6-12-4-7-13(17)8-5-12/h4-9,11H,3,10H2,1-2H3,(H2,18,19,20,22)/b9-6+/t11-/m0/s1. The Hall–Kier alpha value is -2.34. The summed E-state index contributed by atoms with van der Waals surface area (Å²) in [6, 6.07) is 6.19. The highest BCUT2D eigenvalue weighted by atomic mass is 35.5. The van der Waals surface area contributed by atoms with Crippen LogP contribution in [-0.2, 0) is 14.3 Å². The highest BCUT2D eigenvalue weighted by molar-refractivity contribution is 6.30. The van der Waals surface area contributed by atoms with Crippen LogP contribution in [0.1, 0.15) is 25.8 Å². The first kappa shape index (κ1) is 18.7. The predicted octanol–water partition coefficient (Wildman–Crippen LogP) is 2.52. The summed E-state index contributed by atoms with van der Waals surface area (Å²) in [5, 5.41) is 5.23. The van der Waals surface area contributed by atoms with Crippen molar-refractivity contribution in [1.29, 1.82) is 0 Å². The number of hydrogen-bond donors (Lipinski definition) is 2. The van der Waals surface area contributed by atoms with Crippen LogP contribution in [-0.4, -0.2) is 30.6 Å². The van der Waals surface area contributed by atoms with E-state index < -0.39 is 24.5 Å². The summed E-state index contributed by atoms with van der Waals surface area (Å²) < 4.78 is 4.74. The number of benzene rings is 1. The van der Waals surface area contributed by atoms with Gasteiger partial charge in [0.15, 0.2) is 6.61 Å². The molecule has 0 unspecified atom stereocenters. The normalized spacial score (nSPS) is 11.8. The van der Waals surface area contributed by atoms with Crippen molar-refractivity contribution in [2.75, 3.05) is 6.61 Å². The Morgan fingerprint density at radius 2 is 1.91 bits per heavy atom. The number of imide groups is 1. The molecule has 0 aliphatic rings. The van der Waals surface area contributed by atoms with Crippen molar-refractivity contribution in [1.82, 2.24) is 10.6 Å². The van der Waals surface area contributed by atoms with Crippen molar-refractivity contribution in [3.63, 3.8) is 0 Å². The Labute approximate surface area is 139 Å². The second-order valence-electron chi connectivity index (χ2n) is 4.82. The lowest BCUT2D eigenvalue weighted by molar-refractivity contribution is -0.143. The van der Waals surface area contributed by atoms with Gasteiger partial charge in [-0.25, -0.2) is 9.59 Å². The van der Waals surface area contributed by atoms with Crippen LogP contribution in [0.15, 0.2) is 30.3 Å². The molecule has 7 heteroatoms. The van der Waals surface area contributed by atoms with Crippen molar-refractivity contribution in [2.45, 2.75) is 26.3 Å². The Morgan fingerprint density at radius 1 is 1.26 bits per heavy atom. The van der Waals surface area contributed by atoms with Crippen LogP contribution in [0.3, 0.4) is 0 Å². The van der Waals surface area contributed by atoms with E-state index in [4.69, 9.17) is 16.3 Å². The van der Waals surface area contributed by atoms with Gasteiger partial charge in [0.05, 0.1) is 0 Å². The van der Waals surface area contributed by atoms with Crippen LogP contribution in [0, 0.1) is 0 Å². The third-order valence-corrected chi connectivity index (χ3v) is 3.12. The molecule has 0 aliphatic carbocycles. The minimum absolute atomic E-state index is 0.0485. The fraction of sp³-hybridized carbons (Fsp3) is 0.312. The van der Waals surface area contributed by atoms with Crippen molar-refractivity contribution in [2.24, 2.45) is 0 Å². The van der Waals surface area contributed by atoms with E-state index in [0.29, 0.717) is 5.02 Å². The van der Waals surface area contributed by atoms with E-state index in [1.807, 2.05) is 13.8 Å². The molecule has 1 aromatic carbocycles. The Bertz CT molecular complexity index is 584. The lowest BCUT2D eigenvalue weighted by Crippen LogP contribution is -2.44. The second kappa shape index (κ2) is 9.63. The summed E-state index contributed by atoms with van der Waals surface area (Å²) >= 11 is 5.75. The number of esters is 1. The van der Waals surface area contributed by atoms with Gasteiger partial charge >= 0.3 is 12.0 Å². The largest absolute Gasteiger partial charge is 0.452 e. The van der Waals surface area contributed by atoms with Gasteiger partial charge in [0, 0.05) is 17.1 Å². The smallest absolute Gasteiger partial charge is 0.331 e. The molecule has 0 heterocycles. The maximum absolute atomic E-state index is 11.5. The lowest BCUT2D eigenvalue weighted by Gasteiger charge is -2.11. The van der Waals surface area contributed by atoms with Crippen LogP contribution in [0.2, 0.25) is 5.02 Å². The van der Waals surface area contributed by atoms with Gasteiger partial charge in [0.2, 0.25) is 0 Å². The van der Waals surface area contributed by atoms with E-state index in [9.17, 15) is 14.4 Å². The zero-order valence-corrected chi connectivity index (χ0v) is 13.7. The van der Waals surface area contributed by atoms with Crippen LogP contribution in [0.4, 0.5) is 4.79 Å². The summed E-state index contributed by atoms with van der Waals surface area (Å²) in [5.74, 6) is -1.38. The number of ether oxygens (including phenoxy) is 1. The topological polar surface area (TPSA) is 84.5 Å². The second-order valence-corrected chi connectivity index (χ2v) is 5.26. The molecule has 0 fully saturated rings. The first-order valence-corrected chi connectivity index (χ1v) is 7.49. The average molecular weight is 339 g/mol. The molecule has 0 spiro atoms. The molecule has 3 amide bonds. The van der Waals surface area contributed by atoms with E-state index in [-0.39, 0.29) is 6.04 Å². The van der Waals surface area contributed by atoms with Gasteiger partial charge < -0.3 is 10.1 Å². The van der Waals surface area contributed by atoms with Crippen LogP contribution >= 0.6 is 11.6 Å². The minimum Gasteiger partial charge on any atom is -0.452 e. The number of urea groups is 1. The third kappa shape index (κ3) is 8.01. The molecule has 124 valence electrons. The molecule has 23 heavy (non-hydrogen) atoms. The third-order valence-electron chi connectivity index (χ3n) is 2.87. The van der Waals surface area contributed by atoms with E-state index in [1.54, 1.807) is 24.3 Å². The Balaban J connectivity index is 2.33. The SMILES string of the molecule is CC[C@H](C)NC(=O)NC(=O)COC(=O)/C=C/c1ccc(Cl)cc1. The van der Waals surface area contributed by atoms with Gasteiger partial charge in [-0.3, -0.25) is 10.1 Å². The number of amides is 3. The Kier molecular flexibility index (Phi) is 7.83. The molecule has 2 N–H and O–H groups in total. The number of rotatable bonds is 6. The van der Waals surface area contributed by atoms with Gasteiger partial charge in [-0.15, -0.1) is 0 Å². The number of nitrogens with one attached hydrogen (secondary N) is 2. The van der Waals surface area contributed by atoms with Gasteiger partial charge in [-0.2, -0.15) is 0 Å². The molecular formula is C16H19ClN2O4. The van der Waals surface area contributed by atoms with Gasteiger partial charge in [-0.1, -0.05) is 30.7 Å². The summed E-state index contributed by atoms with van der Waals surface area (Å²) in [6.07, 6.45) is 3.47. The number of halogens is 1. The average Bonchev–Trinajstić information content (AvgIpc) is 2.52. The highest BCUT2D eigenvalue weighted by Crippen LogP contribution is 2.10. The van der Waals surface area contributed by atoms with Crippen molar-refractivity contribution >= 4 is 35.6 Å². The van der Waals surface area contributed by atoms with Crippen molar-refractivity contribution in [3.05, 3.63) is 40.9 Å². The summed E-state index contributed by atoms with van der Waals surface area (Å²) in [6.45, 7) is 3.19. The van der Waals surface area contributed by atoms with Crippen molar-refractivity contribution in [3.8, 4) is 0 Å². The molecule has 0 bridgehead atoms. The molecule has 6 nitrogen and oxygen atoms in total. The van der Waals surface area contributed by atoms with Crippen molar-refractivity contribution < 1.29 is 19.1 Å². The maximum atomic E-state index is 11.5. The monoisotopic (exact) mass is 338 g/mol. The highest BCUT2D eigenvalue weighted by Gasteiger charge is 2.11. The fourth-order valence-electron chi connectivity index (χ4n) is 1.45. The zero-order chi connectivity index (χ0) is 17.2. The summed E-state index contributed by atoms with van der Waals surface area (Å²) in [5.41, 5.74) is 0.767. The molecular weight excluding hydrogens is 320 g/mol. The molecule has 1 rings (SSSR count). The minimum atomic E-state index is -0.695.